The molecule has 5 aromatic rings. The number of rotatable bonds is 2. The molecule has 0 spiro atoms. The Balaban J connectivity index is 1.91. The van der Waals surface area contributed by atoms with Crippen molar-refractivity contribution in [2.24, 2.45) is 0 Å². The Kier molecular flexibility index (Phi) is 3.07. The van der Waals surface area contributed by atoms with E-state index in [1.807, 2.05) is 24.3 Å². The molecule has 4 aromatic carbocycles. The zero-order valence-electron chi connectivity index (χ0n) is 13.5. The molecule has 0 aliphatic rings. The van der Waals surface area contributed by atoms with Gasteiger partial charge < -0.3 is 14.6 Å². The lowest BCUT2D eigenvalue weighted by molar-refractivity contribution is 0.260. The summed E-state index contributed by atoms with van der Waals surface area (Å²) in [7, 11) is 0. The smallest absolute Gasteiger partial charge is 0.134 e. The fourth-order valence-electron chi connectivity index (χ4n) is 3.78. The second-order valence-electron chi connectivity index (χ2n) is 6.42. The van der Waals surface area contributed by atoms with Crippen molar-refractivity contribution >= 4 is 43.3 Å². The van der Waals surface area contributed by atoms with Gasteiger partial charge in [-0.1, -0.05) is 18.2 Å². The van der Waals surface area contributed by atoms with Crippen LogP contribution in [-0.4, -0.2) is 10.2 Å². The van der Waals surface area contributed by atoms with E-state index in [1.54, 1.807) is 6.26 Å². The molecule has 0 radical (unpaired) electrons. The maximum absolute atomic E-state index is 9.57. The minimum absolute atomic E-state index is 0.0694. The van der Waals surface area contributed by atoms with Gasteiger partial charge in [0.15, 0.2) is 0 Å². The SMILES string of the molecule is OCc1cc2cc3ccc4c5ccoc5ccc4c3cc2cc1CO. The molecule has 3 nitrogen and oxygen atoms in total. The second kappa shape index (κ2) is 5.31. The number of fused-ring (bicyclic) bond motifs is 6. The third-order valence-corrected chi connectivity index (χ3v) is 5.06. The number of aliphatic hydroxyl groups excluding tert-OH is 2. The quantitative estimate of drug-likeness (QED) is 0.359. The minimum atomic E-state index is -0.0744. The van der Waals surface area contributed by atoms with Gasteiger partial charge in [0.1, 0.15) is 5.58 Å². The van der Waals surface area contributed by atoms with Crippen molar-refractivity contribution in [1.29, 1.82) is 0 Å². The molecule has 5 rings (SSSR count). The van der Waals surface area contributed by atoms with E-state index in [0.717, 1.165) is 38.3 Å². The van der Waals surface area contributed by atoms with E-state index < -0.39 is 0 Å². The zero-order valence-corrected chi connectivity index (χ0v) is 13.5. The van der Waals surface area contributed by atoms with Gasteiger partial charge in [-0.25, -0.2) is 0 Å². The maximum Gasteiger partial charge on any atom is 0.134 e. The Morgan fingerprint density at radius 1 is 0.600 bits per heavy atom. The monoisotopic (exact) mass is 328 g/mol. The van der Waals surface area contributed by atoms with Crippen LogP contribution in [0.5, 0.6) is 0 Å². The van der Waals surface area contributed by atoms with Crippen molar-refractivity contribution in [3.05, 3.63) is 72.0 Å². The molecule has 0 aliphatic carbocycles. The molecule has 3 heteroatoms. The van der Waals surface area contributed by atoms with E-state index in [0.29, 0.717) is 0 Å². The molecule has 0 aliphatic heterocycles. The molecule has 0 amide bonds. The van der Waals surface area contributed by atoms with Crippen LogP contribution in [0.15, 0.2) is 65.3 Å². The average molecular weight is 328 g/mol. The first-order valence-corrected chi connectivity index (χ1v) is 8.28. The molecular formula is C22H16O3. The van der Waals surface area contributed by atoms with Crippen molar-refractivity contribution in [3.8, 4) is 0 Å². The van der Waals surface area contributed by atoms with Crippen molar-refractivity contribution in [2.45, 2.75) is 13.2 Å². The summed E-state index contributed by atoms with van der Waals surface area (Å²) in [5.74, 6) is 0. The van der Waals surface area contributed by atoms with Crippen molar-refractivity contribution in [1.82, 2.24) is 0 Å². The van der Waals surface area contributed by atoms with Crippen LogP contribution >= 0.6 is 0 Å². The van der Waals surface area contributed by atoms with E-state index >= 15 is 0 Å². The first-order valence-electron chi connectivity index (χ1n) is 8.28. The van der Waals surface area contributed by atoms with Gasteiger partial charge in [-0.05, 0) is 79.8 Å². The van der Waals surface area contributed by atoms with Crippen molar-refractivity contribution in [3.63, 3.8) is 0 Å². The summed E-state index contributed by atoms with van der Waals surface area (Å²) in [6.45, 7) is -0.144. The van der Waals surface area contributed by atoms with Crippen LogP contribution in [0.4, 0.5) is 0 Å². The highest BCUT2D eigenvalue weighted by atomic mass is 16.3. The summed E-state index contributed by atoms with van der Waals surface area (Å²) in [4.78, 5) is 0. The van der Waals surface area contributed by atoms with Crippen molar-refractivity contribution in [2.75, 3.05) is 0 Å². The molecule has 0 bridgehead atoms. The second-order valence-corrected chi connectivity index (χ2v) is 6.42. The minimum Gasteiger partial charge on any atom is -0.464 e. The summed E-state index contributed by atoms with van der Waals surface area (Å²) in [5.41, 5.74) is 2.44. The highest BCUT2D eigenvalue weighted by Gasteiger charge is 2.09. The predicted molar refractivity (Wildman–Crippen MR) is 101 cm³/mol. The molecule has 1 heterocycles. The topological polar surface area (TPSA) is 53.6 Å². The Morgan fingerprint density at radius 3 is 2.04 bits per heavy atom. The number of hydrogen-bond acceptors (Lipinski definition) is 3. The van der Waals surface area contributed by atoms with Crippen LogP contribution < -0.4 is 0 Å². The molecule has 1 aromatic heterocycles. The molecule has 0 fully saturated rings. The Morgan fingerprint density at radius 2 is 1.28 bits per heavy atom. The highest BCUT2D eigenvalue weighted by molar-refractivity contribution is 6.18. The fourth-order valence-corrected chi connectivity index (χ4v) is 3.78. The lowest BCUT2D eigenvalue weighted by atomic mass is 9.95. The normalized spacial score (nSPS) is 11.9. The number of benzene rings is 4. The molecule has 2 N–H and O–H groups in total. The molecule has 0 saturated heterocycles. The van der Waals surface area contributed by atoms with Gasteiger partial charge in [-0.3, -0.25) is 0 Å². The van der Waals surface area contributed by atoms with E-state index in [-0.39, 0.29) is 13.2 Å². The largest absolute Gasteiger partial charge is 0.464 e. The van der Waals surface area contributed by atoms with Gasteiger partial charge >= 0.3 is 0 Å². The lowest BCUT2D eigenvalue weighted by Gasteiger charge is -2.11. The third kappa shape index (κ3) is 2.07. The van der Waals surface area contributed by atoms with E-state index in [1.165, 1.54) is 16.2 Å². The molecule has 25 heavy (non-hydrogen) atoms. The standard InChI is InChI=1S/C22H16O3/c23-11-16-8-14-7-13-1-2-18-19(3-4-22-20(18)5-6-25-22)21(13)10-15(14)9-17(16)12-24/h1-10,23-24H,11-12H2. The van der Waals surface area contributed by atoms with Crippen molar-refractivity contribution < 1.29 is 14.6 Å². The van der Waals surface area contributed by atoms with Crippen LogP contribution in [0.3, 0.4) is 0 Å². The van der Waals surface area contributed by atoms with Gasteiger partial charge in [0.2, 0.25) is 0 Å². The lowest BCUT2D eigenvalue weighted by Crippen LogP contribution is -1.94. The summed E-state index contributed by atoms with van der Waals surface area (Å²) in [6.07, 6.45) is 1.72. The highest BCUT2D eigenvalue weighted by Crippen LogP contribution is 2.34. The van der Waals surface area contributed by atoms with Crippen LogP contribution in [0.2, 0.25) is 0 Å². The molecule has 0 atom stereocenters. The van der Waals surface area contributed by atoms with Crippen LogP contribution in [0, 0.1) is 0 Å². The molecule has 0 unspecified atom stereocenters. The van der Waals surface area contributed by atoms with Gasteiger partial charge in [0, 0.05) is 5.39 Å². The van der Waals surface area contributed by atoms with Crippen LogP contribution in [-0.2, 0) is 13.2 Å². The average Bonchev–Trinajstić information content (AvgIpc) is 3.14. The zero-order chi connectivity index (χ0) is 17.0. The molecule has 122 valence electrons. The molecular weight excluding hydrogens is 312 g/mol. The van der Waals surface area contributed by atoms with Crippen LogP contribution in [0.1, 0.15) is 11.1 Å². The first-order chi connectivity index (χ1) is 12.3. The predicted octanol–water partition coefficient (Wildman–Crippen LogP) is 4.88. The van der Waals surface area contributed by atoms with Gasteiger partial charge in [0.25, 0.3) is 0 Å². The first kappa shape index (κ1) is 14.5. The summed E-state index contributed by atoms with van der Waals surface area (Å²) >= 11 is 0. The van der Waals surface area contributed by atoms with Crippen LogP contribution in [0.25, 0.3) is 43.3 Å². The van der Waals surface area contributed by atoms with Gasteiger partial charge in [-0.15, -0.1) is 0 Å². The fraction of sp³-hybridized carbons (Fsp3) is 0.0909. The Hall–Kier alpha value is -2.88. The van der Waals surface area contributed by atoms with Gasteiger partial charge in [-0.2, -0.15) is 0 Å². The molecule has 0 saturated carbocycles. The summed E-state index contributed by atoms with van der Waals surface area (Å²) in [6, 6.07) is 18.6. The summed E-state index contributed by atoms with van der Waals surface area (Å²) in [5, 5.41) is 27.0. The number of hydrogen-bond donors (Lipinski definition) is 2. The van der Waals surface area contributed by atoms with E-state index in [4.69, 9.17) is 4.42 Å². The maximum atomic E-state index is 9.57. The van der Waals surface area contributed by atoms with E-state index in [2.05, 4.69) is 30.3 Å². The Bertz CT molecular complexity index is 1260. The Labute approximate surface area is 143 Å². The summed E-state index contributed by atoms with van der Waals surface area (Å²) < 4.78 is 5.51. The van der Waals surface area contributed by atoms with E-state index in [9.17, 15) is 10.2 Å². The number of furan rings is 1. The van der Waals surface area contributed by atoms with Gasteiger partial charge in [0.05, 0.1) is 19.5 Å². The third-order valence-electron chi connectivity index (χ3n) is 5.06. The number of aliphatic hydroxyl groups is 2.